The first-order chi connectivity index (χ1) is 15.8. The third kappa shape index (κ3) is 4.13. The van der Waals surface area contributed by atoms with Gasteiger partial charge in [0.1, 0.15) is 0 Å². The van der Waals surface area contributed by atoms with Crippen molar-refractivity contribution in [3.05, 3.63) is 53.1 Å². The number of hydrogen-bond acceptors (Lipinski definition) is 6. The van der Waals surface area contributed by atoms with E-state index in [2.05, 4.69) is 30.9 Å². The lowest BCUT2D eigenvalue weighted by Crippen LogP contribution is -2.48. The van der Waals surface area contributed by atoms with Gasteiger partial charge in [0.25, 0.3) is 5.91 Å². The molecule has 9 heteroatoms. The second-order valence-corrected chi connectivity index (χ2v) is 11.9. The monoisotopic (exact) mass is 484 g/mol. The van der Waals surface area contributed by atoms with Gasteiger partial charge in [-0.2, -0.15) is 4.31 Å². The van der Waals surface area contributed by atoms with Crippen molar-refractivity contribution in [2.45, 2.75) is 37.6 Å². The van der Waals surface area contributed by atoms with E-state index in [0.29, 0.717) is 18.7 Å². The number of hydrogen-bond donors (Lipinski definition) is 0. The smallest absolute Gasteiger partial charge is 0.253 e. The number of nitrogens with zero attached hydrogens (tertiary/aromatic N) is 4. The minimum absolute atomic E-state index is 0.0647. The highest BCUT2D eigenvalue weighted by Gasteiger charge is 2.35. The van der Waals surface area contributed by atoms with Crippen LogP contribution < -0.4 is 4.90 Å². The maximum atomic E-state index is 13.0. The number of carbonyl (C=O) groups excluding carboxylic acids is 1. The minimum Gasteiger partial charge on any atom is -0.345 e. The van der Waals surface area contributed by atoms with Crippen molar-refractivity contribution in [1.29, 1.82) is 0 Å². The fourth-order valence-corrected chi connectivity index (χ4v) is 6.82. The number of piperazine rings is 1. The summed E-state index contributed by atoms with van der Waals surface area (Å²) in [5.74, 6) is -0.0647. The first kappa shape index (κ1) is 22.3. The van der Waals surface area contributed by atoms with Gasteiger partial charge in [-0.1, -0.05) is 23.5 Å². The largest absolute Gasteiger partial charge is 0.345 e. The summed E-state index contributed by atoms with van der Waals surface area (Å²) < 4.78 is 28.1. The van der Waals surface area contributed by atoms with Gasteiger partial charge in [-0.05, 0) is 62.1 Å². The molecular weight excluding hydrogens is 456 g/mol. The van der Waals surface area contributed by atoms with Crippen molar-refractivity contribution < 1.29 is 13.2 Å². The Labute approximate surface area is 198 Å². The van der Waals surface area contributed by atoms with Crippen LogP contribution >= 0.6 is 11.3 Å². The zero-order chi connectivity index (χ0) is 23.3. The first-order valence-corrected chi connectivity index (χ1v) is 13.5. The number of aromatic nitrogens is 1. The van der Waals surface area contributed by atoms with E-state index in [-0.39, 0.29) is 16.8 Å². The predicted molar refractivity (Wildman–Crippen MR) is 132 cm³/mol. The summed E-state index contributed by atoms with van der Waals surface area (Å²) in [6.45, 7) is 6.86. The molecule has 1 aliphatic carbocycles. The van der Waals surface area contributed by atoms with Crippen molar-refractivity contribution in [3.8, 4) is 0 Å². The third-order valence-corrected chi connectivity index (χ3v) is 9.78. The number of benzene rings is 2. The highest BCUT2D eigenvalue weighted by atomic mass is 32.2. The Morgan fingerprint density at radius 3 is 2.24 bits per heavy atom. The molecule has 5 rings (SSSR count). The predicted octanol–water partition coefficient (Wildman–Crippen LogP) is 3.66. The van der Waals surface area contributed by atoms with Crippen LogP contribution in [0.3, 0.4) is 0 Å². The van der Waals surface area contributed by atoms with E-state index in [1.54, 1.807) is 42.6 Å². The van der Waals surface area contributed by atoms with Crippen LogP contribution in [0.5, 0.6) is 0 Å². The van der Waals surface area contributed by atoms with Gasteiger partial charge >= 0.3 is 0 Å². The molecule has 1 aliphatic heterocycles. The Morgan fingerprint density at radius 1 is 1.00 bits per heavy atom. The fourth-order valence-electron chi connectivity index (χ4n) is 4.24. The lowest BCUT2D eigenvalue weighted by Gasteiger charge is -2.34. The van der Waals surface area contributed by atoms with Crippen molar-refractivity contribution in [3.63, 3.8) is 0 Å². The van der Waals surface area contributed by atoms with Gasteiger partial charge in [0, 0.05) is 44.8 Å². The Balaban J connectivity index is 1.25. The van der Waals surface area contributed by atoms with Crippen LogP contribution in [0.15, 0.2) is 41.3 Å². The molecular formula is C24H28N4O3S2. The van der Waals surface area contributed by atoms with Gasteiger partial charge in [-0.15, -0.1) is 0 Å². The Morgan fingerprint density at radius 2 is 1.64 bits per heavy atom. The van der Waals surface area contributed by atoms with Gasteiger partial charge in [0.15, 0.2) is 5.13 Å². The summed E-state index contributed by atoms with van der Waals surface area (Å²) in [6.07, 6.45) is 1.82. The van der Waals surface area contributed by atoms with Gasteiger partial charge < -0.3 is 9.80 Å². The molecule has 174 valence electrons. The molecule has 1 saturated carbocycles. The highest BCUT2D eigenvalue weighted by Crippen LogP contribution is 2.34. The van der Waals surface area contributed by atoms with Gasteiger partial charge in [-0.25, -0.2) is 13.4 Å². The number of aryl methyl sites for hydroxylation is 2. The summed E-state index contributed by atoms with van der Waals surface area (Å²) in [6, 6.07) is 10.7. The lowest BCUT2D eigenvalue weighted by molar-refractivity contribution is 0.0746. The average molecular weight is 485 g/mol. The quantitative estimate of drug-likeness (QED) is 0.553. The molecule has 0 unspecified atom stereocenters. The second-order valence-electron chi connectivity index (χ2n) is 8.93. The topological polar surface area (TPSA) is 73.8 Å². The normalized spacial score (nSPS) is 17.2. The van der Waals surface area contributed by atoms with Gasteiger partial charge in [0.2, 0.25) is 10.0 Å². The molecule has 0 bridgehead atoms. The van der Waals surface area contributed by atoms with E-state index in [0.717, 1.165) is 36.6 Å². The van der Waals surface area contributed by atoms with Gasteiger partial charge in [-0.3, -0.25) is 4.79 Å². The number of carbonyl (C=O) groups is 1. The van der Waals surface area contributed by atoms with E-state index in [1.807, 2.05) is 4.90 Å². The number of sulfonamides is 1. The molecule has 0 atom stereocenters. The number of anilines is 1. The maximum Gasteiger partial charge on any atom is 0.253 e. The number of thiazole rings is 1. The molecule has 0 N–H and O–H groups in total. The Kier molecular flexibility index (Phi) is 5.66. The Hall–Kier alpha value is -2.49. The highest BCUT2D eigenvalue weighted by molar-refractivity contribution is 7.89. The van der Waals surface area contributed by atoms with E-state index in [1.165, 1.54) is 20.1 Å². The van der Waals surface area contributed by atoms with Crippen LogP contribution in [-0.2, 0) is 10.0 Å². The summed E-state index contributed by atoms with van der Waals surface area (Å²) in [7, 11) is -1.88. The van der Waals surface area contributed by atoms with Crippen molar-refractivity contribution in [1.82, 2.24) is 14.2 Å². The van der Waals surface area contributed by atoms with Crippen LogP contribution in [0.1, 0.15) is 34.3 Å². The number of rotatable bonds is 5. The van der Waals surface area contributed by atoms with Crippen molar-refractivity contribution >= 4 is 42.6 Å². The molecule has 7 nitrogen and oxygen atoms in total. The molecule has 1 aromatic heterocycles. The van der Waals surface area contributed by atoms with Crippen LogP contribution in [0.4, 0.5) is 5.13 Å². The SMILES string of the molecule is Cc1ccc(C)c2sc(N3CCN(C(=O)c4ccc(S(=O)(=O)N(C)C5CC5)cc4)CC3)nc12. The zero-order valence-corrected chi connectivity index (χ0v) is 20.7. The molecule has 2 heterocycles. The maximum absolute atomic E-state index is 13.0. The zero-order valence-electron chi connectivity index (χ0n) is 19.1. The second kappa shape index (κ2) is 8.38. The molecule has 1 amide bonds. The van der Waals surface area contributed by atoms with Crippen molar-refractivity contribution in [2.75, 3.05) is 38.1 Å². The summed E-state index contributed by atoms with van der Waals surface area (Å²) in [4.78, 5) is 22.2. The third-order valence-electron chi connectivity index (χ3n) is 6.61. The summed E-state index contributed by atoms with van der Waals surface area (Å²) in [5.41, 5.74) is 4.00. The van der Waals surface area contributed by atoms with Crippen LogP contribution in [0, 0.1) is 13.8 Å². The molecule has 2 aliphatic rings. The molecule has 3 aromatic rings. The standard InChI is InChI=1S/C24H28N4O3S2/c1-16-4-5-17(2)22-21(16)25-24(32-22)28-14-12-27(13-15-28)23(29)18-6-10-20(11-7-18)33(30,31)26(3)19-8-9-19/h4-7,10-11,19H,8-9,12-15H2,1-3H3. The first-order valence-electron chi connectivity index (χ1n) is 11.2. The van der Waals surface area contributed by atoms with Crippen LogP contribution in [0.2, 0.25) is 0 Å². The molecule has 1 saturated heterocycles. The molecule has 2 fully saturated rings. The van der Waals surface area contributed by atoms with Crippen LogP contribution in [-0.4, -0.2) is 67.8 Å². The number of amides is 1. The lowest BCUT2D eigenvalue weighted by atomic mass is 10.1. The molecule has 0 spiro atoms. The fraction of sp³-hybridized carbons (Fsp3) is 0.417. The summed E-state index contributed by atoms with van der Waals surface area (Å²) >= 11 is 1.71. The summed E-state index contributed by atoms with van der Waals surface area (Å²) in [5, 5.41) is 1.00. The minimum atomic E-state index is -3.50. The van der Waals surface area contributed by atoms with Gasteiger partial charge in [0.05, 0.1) is 15.1 Å². The van der Waals surface area contributed by atoms with E-state index < -0.39 is 10.0 Å². The molecule has 33 heavy (non-hydrogen) atoms. The van der Waals surface area contributed by atoms with Crippen LogP contribution in [0.25, 0.3) is 10.2 Å². The molecule has 2 aromatic carbocycles. The Bertz CT molecular complexity index is 1270. The van der Waals surface area contributed by atoms with E-state index in [4.69, 9.17) is 4.98 Å². The van der Waals surface area contributed by atoms with E-state index in [9.17, 15) is 13.2 Å². The van der Waals surface area contributed by atoms with E-state index >= 15 is 0 Å². The number of fused-ring (bicyclic) bond motifs is 1. The molecule has 0 radical (unpaired) electrons. The van der Waals surface area contributed by atoms with Crippen molar-refractivity contribution in [2.24, 2.45) is 0 Å². The average Bonchev–Trinajstić information content (AvgIpc) is 3.58.